The van der Waals surface area contributed by atoms with Gasteiger partial charge in [-0.3, -0.25) is 0 Å². The van der Waals surface area contributed by atoms with Crippen LogP contribution in [0.1, 0.15) is 58.9 Å². The monoisotopic (exact) mass is 352 g/mol. The number of hydrogen-bond donors (Lipinski definition) is 4. The molecule has 1 aliphatic carbocycles. The van der Waals surface area contributed by atoms with Crippen LogP contribution in [0.2, 0.25) is 0 Å². The predicted molar refractivity (Wildman–Crippen MR) is 99.9 cm³/mol. The molecular weight excluding hydrogens is 320 g/mol. The van der Waals surface area contributed by atoms with E-state index in [2.05, 4.69) is 27.7 Å². The van der Waals surface area contributed by atoms with Crippen molar-refractivity contribution in [3.05, 3.63) is 18.6 Å². The van der Waals surface area contributed by atoms with E-state index in [1.165, 1.54) is 46.0 Å². The number of nitrogen functional groups attached to an aromatic ring is 1. The lowest BCUT2D eigenvalue weighted by molar-refractivity contribution is -0.127. The van der Waals surface area contributed by atoms with Gasteiger partial charge >= 0.3 is 0 Å². The van der Waals surface area contributed by atoms with E-state index in [-0.39, 0.29) is 0 Å². The van der Waals surface area contributed by atoms with E-state index in [0.29, 0.717) is 11.9 Å². The number of aliphatic hydroxyl groups excluding tert-OH is 1. The number of nitrogens with two attached hydrogens (primary N) is 1. The summed E-state index contributed by atoms with van der Waals surface area (Å²) >= 11 is 0. The van der Waals surface area contributed by atoms with Gasteiger partial charge in [-0.25, -0.2) is 9.97 Å². The van der Waals surface area contributed by atoms with Crippen molar-refractivity contribution in [3.8, 4) is 0 Å². The molecule has 2 aromatic rings. The third kappa shape index (κ3) is 6.97. The lowest BCUT2D eigenvalue weighted by atomic mass is 9.81. The van der Waals surface area contributed by atoms with E-state index < -0.39 is 5.79 Å². The van der Waals surface area contributed by atoms with Crippen molar-refractivity contribution >= 4 is 16.9 Å². The summed E-state index contributed by atoms with van der Waals surface area (Å²) < 4.78 is 2.23. The van der Waals surface area contributed by atoms with Gasteiger partial charge in [-0.05, 0) is 45.6 Å². The first-order chi connectivity index (χ1) is 11.8. The molecule has 1 fully saturated rings. The number of aliphatic hydroxyl groups is 3. The van der Waals surface area contributed by atoms with Gasteiger partial charge in [-0.2, -0.15) is 0 Å². The Morgan fingerprint density at radius 2 is 1.88 bits per heavy atom. The van der Waals surface area contributed by atoms with Crippen molar-refractivity contribution in [2.45, 2.75) is 64.7 Å². The van der Waals surface area contributed by atoms with Crippen molar-refractivity contribution in [2.75, 3.05) is 12.8 Å². The molecule has 5 N–H and O–H groups in total. The van der Waals surface area contributed by atoms with Crippen LogP contribution in [0.25, 0.3) is 11.0 Å². The fraction of sp³-hybridized carbons (Fsp3) is 0.667. The Kier molecular flexibility index (Phi) is 8.28. The highest BCUT2D eigenvalue weighted by Gasteiger charge is 2.19. The standard InChI is InChI=1S/C14H20N4.C3H8O2.CH4O/c1-10(5-6-11-3-2-4-11)18-8-7-12-13(15)16-9-17-14(12)18;1-3(2,4)5;1-2/h7-11H,2-6H2,1H3,(H2,15,16,17);4-5H,1-2H3;2H,1H3. The van der Waals surface area contributed by atoms with E-state index in [1.54, 1.807) is 6.33 Å². The Hall–Kier alpha value is -1.70. The fourth-order valence-corrected chi connectivity index (χ4v) is 2.74. The minimum absolute atomic E-state index is 0.484. The van der Waals surface area contributed by atoms with Gasteiger partial charge in [0.15, 0.2) is 5.79 Å². The topological polar surface area (TPSA) is 117 Å². The molecule has 7 heteroatoms. The molecule has 1 unspecified atom stereocenters. The molecule has 2 heterocycles. The third-order valence-electron chi connectivity index (χ3n) is 4.23. The summed E-state index contributed by atoms with van der Waals surface area (Å²) in [5.74, 6) is 0.0407. The highest BCUT2D eigenvalue weighted by molar-refractivity contribution is 5.86. The summed E-state index contributed by atoms with van der Waals surface area (Å²) in [4.78, 5) is 8.39. The van der Waals surface area contributed by atoms with E-state index in [1.807, 2.05) is 6.07 Å². The molecule has 0 saturated heterocycles. The minimum Gasteiger partial charge on any atom is -0.400 e. The highest BCUT2D eigenvalue weighted by atomic mass is 16.5. The molecule has 0 bridgehead atoms. The lowest BCUT2D eigenvalue weighted by Gasteiger charge is -2.26. The smallest absolute Gasteiger partial charge is 0.156 e. The summed E-state index contributed by atoms with van der Waals surface area (Å²) in [6.07, 6.45) is 10.5. The maximum absolute atomic E-state index is 8.08. The van der Waals surface area contributed by atoms with Crippen LogP contribution in [-0.2, 0) is 0 Å². The van der Waals surface area contributed by atoms with Crippen LogP contribution in [0.5, 0.6) is 0 Å². The van der Waals surface area contributed by atoms with Crippen molar-refractivity contribution in [1.82, 2.24) is 14.5 Å². The van der Waals surface area contributed by atoms with Gasteiger partial charge in [-0.15, -0.1) is 0 Å². The van der Waals surface area contributed by atoms with Crippen molar-refractivity contribution < 1.29 is 15.3 Å². The molecule has 0 aromatic carbocycles. The summed E-state index contributed by atoms with van der Waals surface area (Å²) in [7, 11) is 1.00. The Balaban J connectivity index is 0.000000388. The summed E-state index contributed by atoms with van der Waals surface area (Å²) in [5.41, 5.74) is 6.82. The van der Waals surface area contributed by atoms with Crippen LogP contribution in [0.3, 0.4) is 0 Å². The van der Waals surface area contributed by atoms with Gasteiger partial charge in [0, 0.05) is 19.3 Å². The Bertz CT molecular complexity index is 627. The van der Waals surface area contributed by atoms with E-state index in [0.717, 1.165) is 24.1 Å². The van der Waals surface area contributed by atoms with Gasteiger partial charge < -0.3 is 25.6 Å². The minimum atomic E-state index is -1.50. The Morgan fingerprint density at radius 3 is 2.40 bits per heavy atom. The predicted octanol–water partition coefficient (Wildman–Crippen LogP) is 2.47. The van der Waals surface area contributed by atoms with Crippen molar-refractivity contribution in [1.29, 1.82) is 0 Å². The molecule has 0 radical (unpaired) electrons. The van der Waals surface area contributed by atoms with Crippen LogP contribution in [0.15, 0.2) is 18.6 Å². The number of anilines is 1. The molecule has 7 nitrogen and oxygen atoms in total. The van der Waals surface area contributed by atoms with Crippen molar-refractivity contribution in [2.24, 2.45) is 5.92 Å². The summed E-state index contributed by atoms with van der Waals surface area (Å²) in [5, 5.41) is 24.1. The van der Waals surface area contributed by atoms with Gasteiger partial charge in [0.05, 0.1) is 5.39 Å². The second kappa shape index (κ2) is 9.70. The maximum atomic E-state index is 8.08. The van der Waals surface area contributed by atoms with Gasteiger partial charge in [0.25, 0.3) is 0 Å². The molecule has 1 saturated carbocycles. The number of aromatic nitrogens is 3. The molecular formula is C18H32N4O3. The summed E-state index contributed by atoms with van der Waals surface area (Å²) in [6, 6.07) is 2.50. The molecule has 142 valence electrons. The Labute approximate surface area is 149 Å². The number of rotatable bonds is 4. The fourth-order valence-electron chi connectivity index (χ4n) is 2.74. The zero-order chi connectivity index (χ0) is 19.0. The molecule has 0 spiro atoms. The molecule has 25 heavy (non-hydrogen) atoms. The van der Waals surface area contributed by atoms with Gasteiger partial charge in [-0.1, -0.05) is 19.3 Å². The number of hydrogen-bond acceptors (Lipinski definition) is 6. The average molecular weight is 352 g/mol. The van der Waals surface area contributed by atoms with Crippen molar-refractivity contribution in [3.63, 3.8) is 0 Å². The van der Waals surface area contributed by atoms with Crippen LogP contribution in [-0.4, -0.2) is 42.8 Å². The molecule has 2 aromatic heterocycles. The number of nitrogens with zero attached hydrogens (tertiary/aromatic N) is 3. The first-order valence-electron chi connectivity index (χ1n) is 8.72. The average Bonchev–Trinajstić information content (AvgIpc) is 2.91. The largest absolute Gasteiger partial charge is 0.400 e. The third-order valence-corrected chi connectivity index (χ3v) is 4.23. The molecule has 0 aliphatic heterocycles. The molecule has 1 aliphatic rings. The quantitative estimate of drug-likeness (QED) is 0.628. The Morgan fingerprint density at radius 1 is 1.28 bits per heavy atom. The van der Waals surface area contributed by atoms with Crippen LogP contribution >= 0.6 is 0 Å². The van der Waals surface area contributed by atoms with E-state index in [9.17, 15) is 0 Å². The second-order valence-corrected chi connectivity index (χ2v) is 6.94. The van der Waals surface area contributed by atoms with Crippen LogP contribution < -0.4 is 5.73 Å². The first-order valence-corrected chi connectivity index (χ1v) is 8.72. The number of fused-ring (bicyclic) bond motifs is 1. The van der Waals surface area contributed by atoms with E-state index in [4.69, 9.17) is 21.1 Å². The summed E-state index contributed by atoms with van der Waals surface area (Å²) in [6.45, 7) is 4.86. The van der Waals surface area contributed by atoms with Crippen LogP contribution in [0.4, 0.5) is 5.82 Å². The van der Waals surface area contributed by atoms with Crippen LogP contribution in [0, 0.1) is 5.92 Å². The zero-order valence-corrected chi connectivity index (χ0v) is 15.7. The first kappa shape index (κ1) is 21.3. The SMILES string of the molecule is CC(C)(O)O.CC(CCC1CCC1)n1ccc2c(N)ncnc21.CO. The second-order valence-electron chi connectivity index (χ2n) is 6.94. The highest BCUT2D eigenvalue weighted by Crippen LogP contribution is 2.33. The van der Waals surface area contributed by atoms with E-state index >= 15 is 0 Å². The van der Waals surface area contributed by atoms with Gasteiger partial charge in [0.1, 0.15) is 17.8 Å². The molecule has 3 rings (SSSR count). The van der Waals surface area contributed by atoms with Gasteiger partial charge in [0.2, 0.25) is 0 Å². The lowest BCUT2D eigenvalue weighted by Crippen LogP contribution is -2.15. The maximum Gasteiger partial charge on any atom is 0.156 e. The molecule has 1 atom stereocenters. The molecule has 0 amide bonds. The zero-order valence-electron chi connectivity index (χ0n) is 15.7. The normalized spacial score (nSPS) is 15.5.